The Hall–Kier alpha value is -3.47. The van der Waals surface area contributed by atoms with Gasteiger partial charge in [0.2, 0.25) is 11.8 Å². The van der Waals surface area contributed by atoms with Crippen molar-refractivity contribution in [2.45, 2.75) is 63.1 Å². The molecule has 12 heteroatoms. The molecule has 0 spiro atoms. The summed E-state index contributed by atoms with van der Waals surface area (Å²) in [6, 6.07) is 15.0. The number of carbonyl (C=O) groups is 2. The zero-order chi connectivity index (χ0) is 32.0. The Morgan fingerprint density at radius 3 is 2.27 bits per heavy atom. The van der Waals surface area contributed by atoms with Crippen LogP contribution in [0.3, 0.4) is 0 Å². The van der Waals surface area contributed by atoms with Gasteiger partial charge in [0, 0.05) is 28.7 Å². The lowest BCUT2D eigenvalue weighted by Crippen LogP contribution is -2.52. The lowest BCUT2D eigenvalue weighted by Gasteiger charge is -2.33. The average Bonchev–Trinajstić information content (AvgIpc) is 3.52. The molecule has 2 amide bonds. The Labute approximate surface area is 269 Å². The highest BCUT2D eigenvalue weighted by atomic mass is 35.5. The van der Waals surface area contributed by atoms with E-state index in [4.69, 9.17) is 32.7 Å². The van der Waals surface area contributed by atoms with Gasteiger partial charge in [-0.2, -0.15) is 0 Å². The molecule has 236 valence electrons. The highest BCUT2D eigenvalue weighted by Gasteiger charge is 2.35. The molecule has 3 aromatic rings. The van der Waals surface area contributed by atoms with Gasteiger partial charge in [-0.15, -0.1) is 0 Å². The summed E-state index contributed by atoms with van der Waals surface area (Å²) in [4.78, 5) is 29.0. The Morgan fingerprint density at radius 1 is 0.977 bits per heavy atom. The van der Waals surface area contributed by atoms with Crippen LogP contribution >= 0.6 is 23.2 Å². The molecule has 0 saturated heterocycles. The van der Waals surface area contributed by atoms with E-state index >= 15 is 0 Å². The standard InChI is InChI=1S/C32H37Cl2N3O6S/c1-21-9-14-27(15-10-21)44(40,41)37(29-18-26(42-3)13-16-30(29)43-4)20-31(38)36(19-23-11-12-24(33)17-28(23)34)22(2)32(39)35-25-7-5-6-8-25/h9-18,22,25H,5-8,19-20H2,1-4H3,(H,35,39)/t22-/m0/s1. The van der Waals surface area contributed by atoms with Gasteiger partial charge in [-0.1, -0.05) is 59.8 Å². The first-order chi connectivity index (χ1) is 20.9. The van der Waals surface area contributed by atoms with Crippen molar-refractivity contribution in [3.63, 3.8) is 0 Å². The van der Waals surface area contributed by atoms with Crippen LogP contribution in [0.4, 0.5) is 5.69 Å². The minimum atomic E-state index is -4.30. The topological polar surface area (TPSA) is 105 Å². The van der Waals surface area contributed by atoms with Crippen molar-refractivity contribution in [3.8, 4) is 11.5 Å². The smallest absolute Gasteiger partial charge is 0.264 e. The maximum atomic E-state index is 14.3. The van der Waals surface area contributed by atoms with Crippen molar-refractivity contribution in [2.24, 2.45) is 0 Å². The molecule has 0 unspecified atom stereocenters. The molecule has 44 heavy (non-hydrogen) atoms. The zero-order valence-corrected chi connectivity index (χ0v) is 27.5. The van der Waals surface area contributed by atoms with Gasteiger partial charge in [-0.05, 0) is 68.7 Å². The fourth-order valence-electron chi connectivity index (χ4n) is 5.15. The number of hydrogen-bond donors (Lipinski definition) is 1. The molecular weight excluding hydrogens is 625 g/mol. The Balaban J connectivity index is 1.77. The number of benzene rings is 3. The van der Waals surface area contributed by atoms with Gasteiger partial charge in [-0.3, -0.25) is 13.9 Å². The van der Waals surface area contributed by atoms with Crippen LogP contribution in [0.1, 0.15) is 43.7 Å². The van der Waals surface area contributed by atoms with E-state index < -0.39 is 28.5 Å². The van der Waals surface area contributed by atoms with Crippen molar-refractivity contribution in [1.82, 2.24) is 10.2 Å². The number of nitrogens with one attached hydrogen (secondary N) is 1. The van der Waals surface area contributed by atoms with Gasteiger partial charge >= 0.3 is 0 Å². The van der Waals surface area contributed by atoms with Crippen LogP contribution in [0, 0.1) is 6.92 Å². The Morgan fingerprint density at radius 2 is 1.66 bits per heavy atom. The van der Waals surface area contributed by atoms with Crippen LogP contribution in [0.15, 0.2) is 65.6 Å². The second kappa shape index (κ2) is 14.5. The number of methoxy groups -OCH3 is 2. The molecule has 1 aliphatic carbocycles. The van der Waals surface area contributed by atoms with Crippen molar-refractivity contribution in [1.29, 1.82) is 0 Å². The molecule has 9 nitrogen and oxygen atoms in total. The Kier molecular flexibility index (Phi) is 11.0. The predicted octanol–water partition coefficient (Wildman–Crippen LogP) is 5.99. The van der Waals surface area contributed by atoms with Crippen LogP contribution in [-0.4, -0.2) is 58.0 Å². The fourth-order valence-corrected chi connectivity index (χ4v) is 7.04. The molecule has 4 rings (SSSR count). The number of carbonyl (C=O) groups excluding carboxylic acids is 2. The molecule has 0 radical (unpaired) electrons. The third kappa shape index (κ3) is 7.78. The highest BCUT2D eigenvalue weighted by molar-refractivity contribution is 7.92. The normalized spacial score (nSPS) is 14.1. The summed E-state index contributed by atoms with van der Waals surface area (Å²) in [5.41, 5.74) is 1.53. The van der Waals surface area contributed by atoms with Crippen LogP contribution in [0.2, 0.25) is 10.0 Å². The SMILES string of the molecule is COc1ccc(OC)c(N(CC(=O)N(Cc2ccc(Cl)cc2Cl)[C@@H](C)C(=O)NC2CCCC2)S(=O)(=O)c2ccc(C)cc2)c1. The van der Waals surface area contributed by atoms with Gasteiger partial charge in [0.1, 0.15) is 24.1 Å². The first-order valence-corrected chi connectivity index (χ1v) is 16.5. The number of hydrogen-bond acceptors (Lipinski definition) is 6. The van der Waals surface area contributed by atoms with Crippen LogP contribution < -0.4 is 19.1 Å². The van der Waals surface area contributed by atoms with Gasteiger partial charge in [0.05, 0.1) is 24.8 Å². The molecule has 0 heterocycles. The zero-order valence-electron chi connectivity index (χ0n) is 25.2. The van der Waals surface area contributed by atoms with Crippen LogP contribution in [0.5, 0.6) is 11.5 Å². The van der Waals surface area contributed by atoms with Gasteiger partial charge in [0.25, 0.3) is 10.0 Å². The van der Waals surface area contributed by atoms with Gasteiger partial charge in [-0.25, -0.2) is 8.42 Å². The number of nitrogens with zero attached hydrogens (tertiary/aromatic N) is 2. The number of ether oxygens (including phenoxy) is 2. The summed E-state index contributed by atoms with van der Waals surface area (Å²) in [6.45, 7) is 2.78. The number of rotatable bonds is 12. The van der Waals surface area contributed by atoms with Crippen molar-refractivity contribution in [3.05, 3.63) is 81.8 Å². The molecule has 3 aromatic carbocycles. The number of anilines is 1. The quantitative estimate of drug-likeness (QED) is 0.256. The maximum absolute atomic E-state index is 14.3. The van der Waals surface area contributed by atoms with E-state index in [0.717, 1.165) is 35.6 Å². The molecular formula is C32H37Cl2N3O6S. The monoisotopic (exact) mass is 661 g/mol. The first kappa shape index (κ1) is 33.4. The van der Waals surface area contributed by atoms with Crippen LogP contribution in [0.25, 0.3) is 0 Å². The van der Waals surface area contributed by atoms with Gasteiger partial charge in [0.15, 0.2) is 0 Å². The summed E-state index contributed by atoms with van der Waals surface area (Å²) in [6.07, 6.45) is 3.79. The van der Waals surface area contributed by atoms with Crippen molar-refractivity contribution in [2.75, 3.05) is 25.1 Å². The number of sulfonamides is 1. The maximum Gasteiger partial charge on any atom is 0.264 e. The van der Waals surface area contributed by atoms with E-state index in [0.29, 0.717) is 21.4 Å². The third-order valence-electron chi connectivity index (χ3n) is 7.77. The minimum absolute atomic E-state index is 0.0138. The molecule has 0 aromatic heterocycles. The van der Waals surface area contributed by atoms with Crippen LogP contribution in [-0.2, 0) is 26.2 Å². The molecule has 1 saturated carbocycles. The molecule has 0 bridgehead atoms. The first-order valence-electron chi connectivity index (χ1n) is 14.3. The lowest BCUT2D eigenvalue weighted by molar-refractivity contribution is -0.139. The summed E-state index contributed by atoms with van der Waals surface area (Å²) in [5, 5.41) is 3.79. The second-order valence-electron chi connectivity index (χ2n) is 10.8. The van der Waals surface area contributed by atoms with E-state index in [-0.39, 0.29) is 34.8 Å². The largest absolute Gasteiger partial charge is 0.497 e. The van der Waals surface area contributed by atoms with Crippen molar-refractivity contribution < 1.29 is 27.5 Å². The summed E-state index contributed by atoms with van der Waals surface area (Å²) in [7, 11) is -1.44. The third-order valence-corrected chi connectivity index (χ3v) is 10.1. The molecule has 1 aliphatic rings. The average molecular weight is 663 g/mol. The Bertz CT molecular complexity index is 1590. The van der Waals surface area contributed by atoms with E-state index in [1.54, 1.807) is 49.4 Å². The molecule has 0 aliphatic heterocycles. The molecule has 1 N–H and O–H groups in total. The fraction of sp³-hybridized carbons (Fsp3) is 0.375. The summed E-state index contributed by atoms with van der Waals surface area (Å²) in [5.74, 6) is -0.368. The minimum Gasteiger partial charge on any atom is -0.497 e. The highest BCUT2D eigenvalue weighted by Crippen LogP contribution is 2.36. The second-order valence-corrected chi connectivity index (χ2v) is 13.5. The van der Waals surface area contributed by atoms with E-state index in [9.17, 15) is 18.0 Å². The number of amides is 2. The van der Waals surface area contributed by atoms with E-state index in [1.807, 2.05) is 6.92 Å². The number of halogens is 2. The number of aryl methyl sites for hydroxylation is 1. The van der Waals surface area contributed by atoms with E-state index in [1.165, 1.54) is 37.3 Å². The summed E-state index contributed by atoms with van der Waals surface area (Å²) >= 11 is 12.6. The van der Waals surface area contributed by atoms with E-state index in [2.05, 4.69) is 5.32 Å². The lowest BCUT2D eigenvalue weighted by atomic mass is 10.1. The predicted molar refractivity (Wildman–Crippen MR) is 172 cm³/mol. The molecule has 1 atom stereocenters. The van der Waals surface area contributed by atoms with Gasteiger partial charge < -0.3 is 19.7 Å². The molecule has 1 fully saturated rings. The van der Waals surface area contributed by atoms with Crippen molar-refractivity contribution >= 4 is 50.7 Å². The summed E-state index contributed by atoms with van der Waals surface area (Å²) < 4.78 is 40.3.